The van der Waals surface area contributed by atoms with E-state index in [4.69, 9.17) is 11.6 Å². The lowest BCUT2D eigenvalue weighted by molar-refractivity contribution is -0.137. The lowest BCUT2D eigenvalue weighted by Crippen LogP contribution is -2.52. The molecule has 1 N–H and O–H groups in total. The molecule has 1 unspecified atom stereocenters. The van der Waals surface area contributed by atoms with Gasteiger partial charge in [0.05, 0.1) is 22.3 Å². The third-order valence-electron chi connectivity index (χ3n) is 4.91. The number of amides is 1. The number of halogens is 4. The largest absolute Gasteiger partial charge is 0.416 e. The Labute approximate surface area is 166 Å². The lowest BCUT2D eigenvalue weighted by Gasteiger charge is -2.38. The molecule has 1 aliphatic rings. The van der Waals surface area contributed by atoms with Gasteiger partial charge in [-0.25, -0.2) is 0 Å². The van der Waals surface area contributed by atoms with E-state index in [-0.39, 0.29) is 11.9 Å². The van der Waals surface area contributed by atoms with Crippen LogP contribution < -0.4 is 10.2 Å². The van der Waals surface area contributed by atoms with Gasteiger partial charge in [-0.1, -0.05) is 29.8 Å². The Morgan fingerprint density at radius 2 is 1.75 bits per heavy atom. The van der Waals surface area contributed by atoms with Crippen molar-refractivity contribution in [1.29, 1.82) is 0 Å². The molecule has 1 saturated heterocycles. The highest BCUT2D eigenvalue weighted by molar-refractivity contribution is 6.33. The number of nitrogens with one attached hydrogen (secondary N) is 1. The number of hydrogen-bond donors (Lipinski definition) is 1. The van der Waals surface area contributed by atoms with Gasteiger partial charge in [0.25, 0.3) is 0 Å². The minimum absolute atomic E-state index is 0.166. The van der Waals surface area contributed by atoms with E-state index in [1.165, 1.54) is 12.1 Å². The van der Waals surface area contributed by atoms with Crippen LogP contribution in [0.3, 0.4) is 0 Å². The third-order valence-corrected chi connectivity index (χ3v) is 5.24. The zero-order valence-corrected chi connectivity index (χ0v) is 16.1. The topological polar surface area (TPSA) is 35.6 Å². The molecule has 1 fully saturated rings. The Morgan fingerprint density at radius 1 is 1.07 bits per heavy atom. The molecule has 1 atom stereocenters. The van der Waals surface area contributed by atoms with Gasteiger partial charge in [0.1, 0.15) is 0 Å². The minimum Gasteiger partial charge on any atom is -0.369 e. The fourth-order valence-electron chi connectivity index (χ4n) is 3.21. The molecule has 2 aromatic carbocycles. The number of piperazine rings is 1. The Kier molecular flexibility index (Phi) is 6.15. The number of anilines is 2. The highest BCUT2D eigenvalue weighted by Crippen LogP contribution is 2.32. The van der Waals surface area contributed by atoms with Crippen molar-refractivity contribution in [2.75, 3.05) is 36.4 Å². The van der Waals surface area contributed by atoms with Gasteiger partial charge >= 0.3 is 6.18 Å². The molecule has 150 valence electrons. The number of carbonyl (C=O) groups excluding carboxylic acids is 1. The highest BCUT2D eigenvalue weighted by Gasteiger charge is 2.31. The summed E-state index contributed by atoms with van der Waals surface area (Å²) < 4.78 is 38.8. The Morgan fingerprint density at radius 3 is 2.39 bits per heavy atom. The molecule has 0 spiro atoms. The number of hydrogen-bond acceptors (Lipinski definition) is 3. The van der Waals surface area contributed by atoms with Crippen LogP contribution in [0.4, 0.5) is 24.5 Å². The maximum absolute atomic E-state index is 12.9. The van der Waals surface area contributed by atoms with Crippen molar-refractivity contribution < 1.29 is 18.0 Å². The number of alkyl halides is 3. The maximum Gasteiger partial charge on any atom is 0.416 e. The van der Waals surface area contributed by atoms with E-state index in [0.717, 1.165) is 6.07 Å². The zero-order chi connectivity index (χ0) is 20.3. The minimum atomic E-state index is -4.36. The number of benzene rings is 2. The smallest absolute Gasteiger partial charge is 0.369 e. The van der Waals surface area contributed by atoms with E-state index in [2.05, 4.69) is 5.32 Å². The zero-order valence-electron chi connectivity index (χ0n) is 15.3. The van der Waals surface area contributed by atoms with Gasteiger partial charge in [-0.3, -0.25) is 9.69 Å². The van der Waals surface area contributed by atoms with Gasteiger partial charge < -0.3 is 10.2 Å². The lowest BCUT2D eigenvalue weighted by atomic mass is 10.1. The normalized spacial score (nSPS) is 16.7. The van der Waals surface area contributed by atoms with Crippen LogP contribution in [0.2, 0.25) is 5.02 Å². The van der Waals surface area contributed by atoms with E-state index in [1.807, 2.05) is 16.7 Å². The maximum atomic E-state index is 12.9. The molecular weight excluding hydrogens is 391 g/mol. The van der Waals surface area contributed by atoms with Crippen molar-refractivity contribution in [3.8, 4) is 0 Å². The van der Waals surface area contributed by atoms with E-state index in [0.29, 0.717) is 42.6 Å². The molecule has 4 nitrogen and oxygen atoms in total. The van der Waals surface area contributed by atoms with Gasteiger partial charge in [-0.15, -0.1) is 0 Å². The van der Waals surface area contributed by atoms with Crippen LogP contribution in [0.25, 0.3) is 0 Å². The van der Waals surface area contributed by atoms with E-state index in [1.54, 1.807) is 30.3 Å². The van der Waals surface area contributed by atoms with Crippen molar-refractivity contribution in [3.05, 3.63) is 59.1 Å². The average Bonchev–Trinajstić information content (AvgIpc) is 2.69. The molecule has 0 bridgehead atoms. The number of para-hydroxylation sites is 1. The molecule has 1 aliphatic heterocycles. The Hall–Kier alpha value is -2.25. The third kappa shape index (κ3) is 4.77. The van der Waals surface area contributed by atoms with Gasteiger partial charge in [0.2, 0.25) is 5.91 Å². The predicted octanol–water partition coefficient (Wildman–Crippen LogP) is 4.51. The first-order valence-electron chi connectivity index (χ1n) is 8.97. The molecular formula is C20H21ClF3N3O. The molecule has 0 saturated carbocycles. The van der Waals surface area contributed by atoms with Gasteiger partial charge in [-0.2, -0.15) is 13.2 Å². The van der Waals surface area contributed by atoms with Gasteiger partial charge in [-0.05, 0) is 37.3 Å². The summed E-state index contributed by atoms with van der Waals surface area (Å²) in [4.78, 5) is 16.4. The van der Waals surface area contributed by atoms with E-state index in [9.17, 15) is 18.0 Å². The van der Waals surface area contributed by atoms with Crippen LogP contribution in [-0.4, -0.2) is 43.0 Å². The molecule has 0 radical (unpaired) electrons. The summed E-state index contributed by atoms with van der Waals surface area (Å²) in [5, 5.41) is 3.29. The summed E-state index contributed by atoms with van der Waals surface area (Å²) in [5.41, 5.74) is 0.450. The second-order valence-corrected chi connectivity index (χ2v) is 7.12. The van der Waals surface area contributed by atoms with Crippen LogP contribution in [0.5, 0.6) is 0 Å². The summed E-state index contributed by atoms with van der Waals surface area (Å²) >= 11 is 6.08. The predicted molar refractivity (Wildman–Crippen MR) is 105 cm³/mol. The van der Waals surface area contributed by atoms with E-state index >= 15 is 0 Å². The van der Waals surface area contributed by atoms with Crippen molar-refractivity contribution in [2.24, 2.45) is 0 Å². The molecule has 0 aromatic heterocycles. The Bertz CT molecular complexity index is 835. The van der Waals surface area contributed by atoms with E-state index < -0.39 is 11.7 Å². The molecule has 2 aromatic rings. The van der Waals surface area contributed by atoms with Crippen molar-refractivity contribution in [3.63, 3.8) is 0 Å². The quantitative estimate of drug-likeness (QED) is 0.804. The molecule has 1 heterocycles. The van der Waals surface area contributed by atoms with Crippen LogP contribution in [0.15, 0.2) is 48.5 Å². The first-order chi connectivity index (χ1) is 13.3. The van der Waals surface area contributed by atoms with Crippen molar-refractivity contribution >= 4 is 28.9 Å². The molecule has 28 heavy (non-hydrogen) atoms. The van der Waals surface area contributed by atoms with Gasteiger partial charge in [0.15, 0.2) is 0 Å². The summed E-state index contributed by atoms with van der Waals surface area (Å²) in [6.45, 7) is 4.06. The fraction of sp³-hybridized carbons (Fsp3) is 0.350. The first-order valence-corrected chi connectivity index (χ1v) is 9.35. The number of rotatable bonds is 4. The monoisotopic (exact) mass is 411 g/mol. The molecule has 8 heteroatoms. The Balaban J connectivity index is 1.59. The number of carbonyl (C=O) groups is 1. The van der Waals surface area contributed by atoms with Crippen LogP contribution >= 0.6 is 11.6 Å². The van der Waals surface area contributed by atoms with Crippen LogP contribution in [0.1, 0.15) is 12.5 Å². The molecule has 3 rings (SSSR count). The second kappa shape index (κ2) is 8.41. The number of nitrogens with zero attached hydrogens (tertiary/aromatic N) is 2. The van der Waals surface area contributed by atoms with Crippen LogP contribution in [-0.2, 0) is 11.0 Å². The van der Waals surface area contributed by atoms with Crippen molar-refractivity contribution in [2.45, 2.75) is 19.1 Å². The summed E-state index contributed by atoms with van der Waals surface area (Å²) in [6, 6.07) is 12.0. The SMILES string of the molecule is CC(C(=O)Nc1ccccc1Cl)N1CCN(c2cccc(C(F)(F)F)c2)CC1. The van der Waals surface area contributed by atoms with Crippen molar-refractivity contribution in [1.82, 2.24) is 4.90 Å². The molecule has 1 amide bonds. The molecule has 0 aliphatic carbocycles. The highest BCUT2D eigenvalue weighted by atomic mass is 35.5. The summed E-state index contributed by atoms with van der Waals surface area (Å²) in [6.07, 6.45) is -4.36. The summed E-state index contributed by atoms with van der Waals surface area (Å²) in [5.74, 6) is -0.166. The van der Waals surface area contributed by atoms with Crippen LogP contribution in [0, 0.1) is 0 Å². The average molecular weight is 412 g/mol. The van der Waals surface area contributed by atoms with Gasteiger partial charge in [0, 0.05) is 31.9 Å². The first kappa shape index (κ1) is 20.5. The summed E-state index contributed by atoms with van der Waals surface area (Å²) in [7, 11) is 0. The fourth-order valence-corrected chi connectivity index (χ4v) is 3.39. The standard InChI is InChI=1S/C20H21ClF3N3O/c1-14(19(28)25-18-8-3-2-7-17(18)21)26-9-11-27(12-10-26)16-6-4-5-15(13-16)20(22,23)24/h2-8,13-14H,9-12H2,1H3,(H,25,28). The second-order valence-electron chi connectivity index (χ2n) is 6.72.